The van der Waals surface area contributed by atoms with Gasteiger partial charge in [-0.05, 0) is 43.4 Å². The highest BCUT2D eigenvalue weighted by Crippen LogP contribution is 2.09. The lowest BCUT2D eigenvalue weighted by Gasteiger charge is -2.14. The number of hydrogen-bond donors (Lipinski definition) is 3. The molecule has 1 rings (SSSR count). The summed E-state index contributed by atoms with van der Waals surface area (Å²) >= 11 is 5.81. The summed E-state index contributed by atoms with van der Waals surface area (Å²) in [5, 5.41) is 15.6. The number of nitrogens with one attached hydrogen (secondary N) is 2. The first-order valence-corrected chi connectivity index (χ1v) is 7.29. The van der Waals surface area contributed by atoms with Crippen LogP contribution < -0.4 is 10.6 Å². The van der Waals surface area contributed by atoms with Crippen LogP contribution in [0.1, 0.15) is 25.8 Å². The fourth-order valence-corrected chi connectivity index (χ4v) is 2.09. The molecule has 112 valence electrons. The first-order valence-electron chi connectivity index (χ1n) is 6.91. The Kier molecular flexibility index (Phi) is 7.41. The molecule has 0 heterocycles. The SMILES string of the molecule is CC(O)CC(C)CNC(=O)NCCc1ccc(Cl)cc1. The summed E-state index contributed by atoms with van der Waals surface area (Å²) < 4.78 is 0. The summed E-state index contributed by atoms with van der Waals surface area (Å²) in [6.45, 7) is 4.90. The predicted molar refractivity (Wildman–Crippen MR) is 82.0 cm³/mol. The molecule has 0 spiro atoms. The van der Waals surface area contributed by atoms with Gasteiger partial charge in [-0.3, -0.25) is 0 Å². The van der Waals surface area contributed by atoms with Crippen LogP contribution in [0, 0.1) is 5.92 Å². The van der Waals surface area contributed by atoms with Gasteiger partial charge in [0.05, 0.1) is 6.10 Å². The van der Waals surface area contributed by atoms with E-state index < -0.39 is 0 Å². The van der Waals surface area contributed by atoms with E-state index in [2.05, 4.69) is 10.6 Å². The number of benzene rings is 1. The standard InChI is InChI=1S/C15H23ClN2O2/c1-11(9-12(2)19)10-18-15(20)17-8-7-13-3-5-14(16)6-4-13/h3-6,11-12,19H,7-10H2,1-2H3,(H2,17,18,20). The minimum atomic E-state index is -0.334. The lowest BCUT2D eigenvalue weighted by Crippen LogP contribution is -2.39. The van der Waals surface area contributed by atoms with Crippen molar-refractivity contribution in [1.29, 1.82) is 0 Å². The number of amides is 2. The fourth-order valence-electron chi connectivity index (χ4n) is 1.97. The van der Waals surface area contributed by atoms with E-state index in [9.17, 15) is 9.90 Å². The normalized spacial score (nSPS) is 13.6. The Labute approximate surface area is 125 Å². The van der Waals surface area contributed by atoms with E-state index >= 15 is 0 Å². The Morgan fingerprint density at radius 1 is 1.25 bits per heavy atom. The van der Waals surface area contributed by atoms with Crippen LogP contribution in [0.25, 0.3) is 0 Å². The molecule has 0 fully saturated rings. The summed E-state index contributed by atoms with van der Waals surface area (Å²) in [5.41, 5.74) is 1.14. The van der Waals surface area contributed by atoms with Crippen molar-refractivity contribution < 1.29 is 9.90 Å². The van der Waals surface area contributed by atoms with Crippen molar-refractivity contribution in [3.8, 4) is 0 Å². The number of aliphatic hydroxyl groups is 1. The smallest absolute Gasteiger partial charge is 0.314 e. The van der Waals surface area contributed by atoms with E-state index in [4.69, 9.17) is 11.6 Å². The quantitative estimate of drug-likeness (QED) is 0.724. The molecule has 2 unspecified atom stereocenters. The molecule has 0 saturated carbocycles. The molecule has 2 atom stereocenters. The van der Waals surface area contributed by atoms with Crippen molar-refractivity contribution in [2.24, 2.45) is 5.92 Å². The second-order valence-corrected chi connectivity index (χ2v) is 5.64. The van der Waals surface area contributed by atoms with Gasteiger partial charge in [0, 0.05) is 18.1 Å². The molecule has 0 saturated heterocycles. The minimum absolute atomic E-state index is 0.170. The summed E-state index contributed by atoms with van der Waals surface area (Å²) in [5.74, 6) is 0.261. The third-order valence-corrected chi connectivity index (χ3v) is 3.22. The summed E-state index contributed by atoms with van der Waals surface area (Å²) in [7, 11) is 0. The van der Waals surface area contributed by atoms with Crippen molar-refractivity contribution in [2.45, 2.75) is 32.8 Å². The zero-order chi connectivity index (χ0) is 15.0. The van der Waals surface area contributed by atoms with Crippen LogP contribution in [0.5, 0.6) is 0 Å². The highest BCUT2D eigenvalue weighted by molar-refractivity contribution is 6.30. The number of carbonyl (C=O) groups is 1. The maximum Gasteiger partial charge on any atom is 0.314 e. The number of urea groups is 1. The molecule has 1 aromatic carbocycles. The molecule has 0 aliphatic heterocycles. The molecule has 5 heteroatoms. The number of hydrogen-bond acceptors (Lipinski definition) is 2. The van der Waals surface area contributed by atoms with E-state index in [1.54, 1.807) is 6.92 Å². The molecule has 0 radical (unpaired) electrons. The van der Waals surface area contributed by atoms with Gasteiger partial charge in [-0.2, -0.15) is 0 Å². The zero-order valence-corrected chi connectivity index (χ0v) is 12.8. The monoisotopic (exact) mass is 298 g/mol. The van der Waals surface area contributed by atoms with Crippen molar-refractivity contribution in [3.05, 3.63) is 34.9 Å². The van der Waals surface area contributed by atoms with Gasteiger partial charge in [-0.25, -0.2) is 4.79 Å². The third kappa shape index (κ3) is 7.36. The Balaban J connectivity index is 2.15. The summed E-state index contributed by atoms with van der Waals surface area (Å²) in [4.78, 5) is 11.6. The van der Waals surface area contributed by atoms with Crippen LogP contribution in [-0.2, 0) is 6.42 Å². The molecule has 4 nitrogen and oxygen atoms in total. The van der Waals surface area contributed by atoms with Gasteiger partial charge < -0.3 is 15.7 Å². The van der Waals surface area contributed by atoms with Gasteiger partial charge in [0.25, 0.3) is 0 Å². The highest BCUT2D eigenvalue weighted by Gasteiger charge is 2.07. The molecule has 1 aromatic rings. The molecule has 0 aliphatic carbocycles. The third-order valence-electron chi connectivity index (χ3n) is 2.97. The van der Waals surface area contributed by atoms with E-state index in [-0.39, 0.29) is 18.1 Å². The Hall–Kier alpha value is -1.26. The van der Waals surface area contributed by atoms with E-state index in [1.807, 2.05) is 31.2 Å². The first kappa shape index (κ1) is 16.8. The second kappa shape index (κ2) is 8.82. The minimum Gasteiger partial charge on any atom is -0.393 e. The highest BCUT2D eigenvalue weighted by atomic mass is 35.5. The Morgan fingerprint density at radius 2 is 1.90 bits per heavy atom. The molecule has 20 heavy (non-hydrogen) atoms. The molecule has 0 aromatic heterocycles. The van der Waals surface area contributed by atoms with Crippen LogP contribution in [-0.4, -0.2) is 30.3 Å². The predicted octanol–water partition coefficient (Wildman–Crippen LogP) is 2.59. The van der Waals surface area contributed by atoms with E-state index in [0.29, 0.717) is 24.5 Å². The van der Waals surface area contributed by atoms with E-state index in [1.165, 1.54) is 0 Å². The van der Waals surface area contributed by atoms with Gasteiger partial charge in [0.1, 0.15) is 0 Å². The maximum absolute atomic E-state index is 11.6. The lowest BCUT2D eigenvalue weighted by molar-refractivity contribution is 0.163. The van der Waals surface area contributed by atoms with Gasteiger partial charge in [-0.1, -0.05) is 30.7 Å². The Morgan fingerprint density at radius 3 is 2.50 bits per heavy atom. The van der Waals surface area contributed by atoms with Crippen molar-refractivity contribution in [2.75, 3.05) is 13.1 Å². The molecular weight excluding hydrogens is 276 g/mol. The average molecular weight is 299 g/mol. The average Bonchev–Trinajstić information content (AvgIpc) is 2.38. The molecular formula is C15H23ClN2O2. The lowest BCUT2D eigenvalue weighted by atomic mass is 10.1. The van der Waals surface area contributed by atoms with Crippen molar-refractivity contribution in [1.82, 2.24) is 10.6 Å². The summed E-state index contributed by atoms with van der Waals surface area (Å²) in [6, 6.07) is 7.42. The van der Waals surface area contributed by atoms with Gasteiger partial charge in [-0.15, -0.1) is 0 Å². The van der Waals surface area contributed by atoms with Gasteiger partial charge in [0.15, 0.2) is 0 Å². The molecule has 0 bridgehead atoms. The van der Waals surface area contributed by atoms with Crippen LogP contribution in [0.15, 0.2) is 24.3 Å². The topological polar surface area (TPSA) is 61.4 Å². The summed E-state index contributed by atoms with van der Waals surface area (Å²) in [6.07, 6.45) is 1.12. The van der Waals surface area contributed by atoms with Crippen LogP contribution in [0.2, 0.25) is 5.02 Å². The maximum atomic E-state index is 11.6. The van der Waals surface area contributed by atoms with Crippen LogP contribution in [0.3, 0.4) is 0 Å². The van der Waals surface area contributed by atoms with Crippen molar-refractivity contribution >= 4 is 17.6 Å². The van der Waals surface area contributed by atoms with Crippen molar-refractivity contribution in [3.63, 3.8) is 0 Å². The Bertz CT molecular complexity index is 407. The molecule has 0 aliphatic rings. The van der Waals surface area contributed by atoms with Gasteiger partial charge >= 0.3 is 6.03 Å². The van der Waals surface area contributed by atoms with Gasteiger partial charge in [0.2, 0.25) is 0 Å². The fraction of sp³-hybridized carbons (Fsp3) is 0.533. The second-order valence-electron chi connectivity index (χ2n) is 5.20. The van der Waals surface area contributed by atoms with Crippen LogP contribution >= 0.6 is 11.6 Å². The number of rotatable bonds is 7. The van der Waals surface area contributed by atoms with Crippen LogP contribution in [0.4, 0.5) is 4.79 Å². The largest absolute Gasteiger partial charge is 0.393 e. The number of halogens is 1. The van der Waals surface area contributed by atoms with E-state index in [0.717, 1.165) is 12.0 Å². The zero-order valence-electron chi connectivity index (χ0n) is 12.0. The molecule has 3 N–H and O–H groups in total. The number of aliphatic hydroxyl groups excluding tert-OH is 1. The molecule has 2 amide bonds. The first-order chi connectivity index (χ1) is 9.47. The number of carbonyl (C=O) groups excluding carboxylic acids is 1.